The molecule has 1 aliphatic heterocycles. The van der Waals surface area contributed by atoms with Crippen LogP contribution >= 0.6 is 0 Å². The van der Waals surface area contributed by atoms with Crippen LogP contribution in [0.2, 0.25) is 0 Å². The highest BCUT2D eigenvalue weighted by atomic mass is 16.5. The van der Waals surface area contributed by atoms with Gasteiger partial charge in [0.2, 0.25) is 5.91 Å². The number of amides is 1. The number of ether oxygens (including phenoxy) is 1. The van der Waals surface area contributed by atoms with Gasteiger partial charge in [-0.15, -0.1) is 0 Å². The zero-order valence-corrected chi connectivity index (χ0v) is 13.7. The van der Waals surface area contributed by atoms with Gasteiger partial charge in [-0.05, 0) is 31.1 Å². The van der Waals surface area contributed by atoms with E-state index in [-0.39, 0.29) is 23.3 Å². The summed E-state index contributed by atoms with van der Waals surface area (Å²) < 4.78 is 5.80. The summed E-state index contributed by atoms with van der Waals surface area (Å²) in [5, 5.41) is 0. The molecule has 0 aromatic rings. The summed E-state index contributed by atoms with van der Waals surface area (Å²) in [6.07, 6.45) is 4.18. The van der Waals surface area contributed by atoms with Crippen LogP contribution in [0, 0.1) is 11.3 Å². The molecule has 4 heteroatoms. The lowest BCUT2D eigenvalue weighted by Crippen LogP contribution is -2.47. The van der Waals surface area contributed by atoms with Gasteiger partial charge in [0.05, 0.1) is 12.0 Å². The van der Waals surface area contributed by atoms with Crippen molar-refractivity contribution in [3.05, 3.63) is 0 Å². The van der Waals surface area contributed by atoms with E-state index >= 15 is 0 Å². The molecule has 0 saturated carbocycles. The van der Waals surface area contributed by atoms with Gasteiger partial charge in [0.25, 0.3) is 0 Å². The maximum Gasteiger partial charge on any atom is 0.227 e. The van der Waals surface area contributed by atoms with E-state index in [2.05, 4.69) is 27.7 Å². The Kier molecular flexibility index (Phi) is 6.96. The lowest BCUT2D eigenvalue weighted by atomic mass is 9.84. The summed E-state index contributed by atoms with van der Waals surface area (Å²) >= 11 is 0. The normalized spacial score (nSPS) is 21.9. The molecule has 1 aliphatic rings. The van der Waals surface area contributed by atoms with Gasteiger partial charge >= 0.3 is 0 Å². The second-order valence-electron chi connectivity index (χ2n) is 7.12. The van der Waals surface area contributed by atoms with Crippen molar-refractivity contribution < 1.29 is 9.53 Å². The minimum atomic E-state index is -0.0556. The quantitative estimate of drug-likeness (QED) is 0.815. The third kappa shape index (κ3) is 5.80. The fourth-order valence-electron chi connectivity index (χ4n) is 2.83. The Morgan fingerprint density at radius 3 is 2.70 bits per heavy atom. The van der Waals surface area contributed by atoms with Crippen molar-refractivity contribution in [1.29, 1.82) is 0 Å². The van der Waals surface area contributed by atoms with Crippen molar-refractivity contribution in [2.45, 2.75) is 59.5 Å². The Morgan fingerprint density at radius 1 is 1.45 bits per heavy atom. The molecule has 1 fully saturated rings. The van der Waals surface area contributed by atoms with Gasteiger partial charge < -0.3 is 15.4 Å². The highest BCUT2D eigenvalue weighted by Crippen LogP contribution is 2.26. The first kappa shape index (κ1) is 17.4. The molecule has 0 aliphatic carbocycles. The van der Waals surface area contributed by atoms with E-state index < -0.39 is 0 Å². The fourth-order valence-corrected chi connectivity index (χ4v) is 2.83. The highest BCUT2D eigenvalue weighted by molar-refractivity contribution is 5.79. The molecule has 1 rings (SSSR count). The van der Waals surface area contributed by atoms with Crippen LogP contribution < -0.4 is 5.73 Å². The second-order valence-corrected chi connectivity index (χ2v) is 7.12. The minimum absolute atomic E-state index is 0.0556. The zero-order chi connectivity index (χ0) is 15.2. The largest absolute Gasteiger partial charge is 0.376 e. The molecule has 0 aromatic heterocycles. The van der Waals surface area contributed by atoms with Crippen molar-refractivity contribution in [2.75, 3.05) is 26.2 Å². The van der Waals surface area contributed by atoms with Gasteiger partial charge in [-0.2, -0.15) is 0 Å². The summed E-state index contributed by atoms with van der Waals surface area (Å²) in [7, 11) is 0. The van der Waals surface area contributed by atoms with Crippen LogP contribution in [0.25, 0.3) is 0 Å². The third-order valence-corrected chi connectivity index (χ3v) is 3.74. The molecule has 1 amide bonds. The summed E-state index contributed by atoms with van der Waals surface area (Å²) in [6.45, 7) is 11.4. The number of likely N-dealkylation sites (tertiary alicyclic amines) is 1. The molecule has 2 unspecified atom stereocenters. The fraction of sp³-hybridized carbons (Fsp3) is 0.938. The number of piperidine rings is 1. The van der Waals surface area contributed by atoms with Gasteiger partial charge in [-0.25, -0.2) is 0 Å². The Bertz CT molecular complexity index is 299. The number of carbonyl (C=O) groups is 1. The first-order valence-corrected chi connectivity index (χ1v) is 7.98. The Labute approximate surface area is 124 Å². The van der Waals surface area contributed by atoms with Crippen molar-refractivity contribution >= 4 is 5.91 Å². The minimum Gasteiger partial charge on any atom is -0.376 e. The van der Waals surface area contributed by atoms with Crippen LogP contribution in [0.1, 0.15) is 53.4 Å². The van der Waals surface area contributed by atoms with Gasteiger partial charge in [0.15, 0.2) is 0 Å². The molecule has 118 valence electrons. The third-order valence-electron chi connectivity index (χ3n) is 3.74. The standard InChI is InChI=1S/C16H32N2O2/c1-5-9-20-14-7-6-8-18(12-14)15(19)13(11-17)10-16(2,3)4/h13-14H,5-12,17H2,1-4H3. The van der Waals surface area contributed by atoms with E-state index in [1.807, 2.05) is 4.90 Å². The molecule has 0 aromatic carbocycles. The molecule has 0 spiro atoms. The zero-order valence-electron chi connectivity index (χ0n) is 13.7. The predicted octanol–water partition coefficient (Wildman–Crippen LogP) is 2.42. The predicted molar refractivity (Wildman–Crippen MR) is 82.5 cm³/mol. The molecule has 20 heavy (non-hydrogen) atoms. The van der Waals surface area contributed by atoms with Gasteiger partial charge in [-0.3, -0.25) is 4.79 Å². The number of rotatable bonds is 6. The summed E-state index contributed by atoms with van der Waals surface area (Å²) in [5.74, 6) is 0.159. The smallest absolute Gasteiger partial charge is 0.227 e. The summed E-state index contributed by atoms with van der Waals surface area (Å²) in [4.78, 5) is 14.6. The molecule has 1 saturated heterocycles. The monoisotopic (exact) mass is 284 g/mol. The van der Waals surface area contributed by atoms with E-state index in [0.29, 0.717) is 6.54 Å². The maximum atomic E-state index is 12.6. The van der Waals surface area contributed by atoms with E-state index in [9.17, 15) is 4.79 Å². The van der Waals surface area contributed by atoms with Crippen LogP contribution in [0.15, 0.2) is 0 Å². The van der Waals surface area contributed by atoms with Crippen LogP contribution in [0.5, 0.6) is 0 Å². The van der Waals surface area contributed by atoms with Gasteiger partial charge in [0, 0.05) is 26.2 Å². The van der Waals surface area contributed by atoms with Gasteiger partial charge in [-0.1, -0.05) is 27.7 Å². The lowest BCUT2D eigenvalue weighted by Gasteiger charge is -2.36. The number of carbonyl (C=O) groups excluding carboxylic acids is 1. The number of hydrogen-bond donors (Lipinski definition) is 1. The molecule has 4 nitrogen and oxygen atoms in total. The van der Waals surface area contributed by atoms with E-state index in [1.165, 1.54) is 0 Å². The molecular formula is C16H32N2O2. The molecule has 0 bridgehead atoms. The van der Waals surface area contributed by atoms with Crippen molar-refractivity contribution in [3.63, 3.8) is 0 Å². The van der Waals surface area contributed by atoms with Crippen LogP contribution in [-0.2, 0) is 9.53 Å². The molecule has 0 radical (unpaired) electrons. The average molecular weight is 284 g/mol. The summed E-state index contributed by atoms with van der Waals surface area (Å²) in [5.41, 5.74) is 5.96. The Hall–Kier alpha value is -0.610. The Balaban J connectivity index is 2.55. The lowest BCUT2D eigenvalue weighted by molar-refractivity contribution is -0.140. The van der Waals surface area contributed by atoms with Crippen molar-refractivity contribution in [2.24, 2.45) is 17.1 Å². The van der Waals surface area contributed by atoms with E-state index in [4.69, 9.17) is 10.5 Å². The van der Waals surface area contributed by atoms with Crippen LogP contribution in [0.3, 0.4) is 0 Å². The van der Waals surface area contributed by atoms with Crippen molar-refractivity contribution in [3.8, 4) is 0 Å². The SMILES string of the molecule is CCCOC1CCCN(C(=O)C(CN)CC(C)(C)C)C1. The Morgan fingerprint density at radius 2 is 2.15 bits per heavy atom. The van der Waals surface area contributed by atoms with Crippen molar-refractivity contribution in [1.82, 2.24) is 4.90 Å². The number of nitrogens with zero attached hydrogens (tertiary/aromatic N) is 1. The highest BCUT2D eigenvalue weighted by Gasteiger charge is 2.30. The van der Waals surface area contributed by atoms with Crippen LogP contribution in [0.4, 0.5) is 0 Å². The first-order chi connectivity index (χ1) is 9.37. The second kappa shape index (κ2) is 7.99. The topological polar surface area (TPSA) is 55.6 Å². The molecular weight excluding hydrogens is 252 g/mol. The molecule has 1 heterocycles. The number of hydrogen-bond acceptors (Lipinski definition) is 3. The van der Waals surface area contributed by atoms with Crippen LogP contribution in [-0.4, -0.2) is 43.2 Å². The molecule has 2 N–H and O–H groups in total. The van der Waals surface area contributed by atoms with E-state index in [1.54, 1.807) is 0 Å². The maximum absolute atomic E-state index is 12.6. The molecule has 2 atom stereocenters. The average Bonchev–Trinajstić information content (AvgIpc) is 2.41. The van der Waals surface area contributed by atoms with E-state index in [0.717, 1.165) is 45.4 Å². The summed E-state index contributed by atoms with van der Waals surface area (Å²) in [6, 6.07) is 0. The number of nitrogens with two attached hydrogens (primary N) is 1. The van der Waals surface area contributed by atoms with Gasteiger partial charge in [0.1, 0.15) is 0 Å². The first-order valence-electron chi connectivity index (χ1n) is 7.98.